The molecule has 3 aromatic rings. The molecule has 0 atom stereocenters. The van der Waals surface area contributed by atoms with Gasteiger partial charge >= 0.3 is 0 Å². The number of amides is 1. The van der Waals surface area contributed by atoms with Gasteiger partial charge in [-0.15, -0.1) is 0 Å². The number of aromatic nitrogens is 2. The quantitative estimate of drug-likeness (QED) is 0.585. The first-order chi connectivity index (χ1) is 14.5. The van der Waals surface area contributed by atoms with Crippen molar-refractivity contribution in [1.29, 1.82) is 0 Å². The van der Waals surface area contributed by atoms with Crippen LogP contribution in [0.3, 0.4) is 0 Å². The van der Waals surface area contributed by atoms with Gasteiger partial charge in [0.1, 0.15) is 0 Å². The molecule has 4 rings (SSSR count). The Morgan fingerprint density at radius 1 is 1.13 bits per heavy atom. The molecule has 1 fully saturated rings. The number of likely N-dealkylation sites (tertiary alicyclic amines) is 1. The number of nitrogens with zero attached hydrogens (tertiary/aromatic N) is 3. The molecular weight excluding hydrogens is 423 g/mol. The Bertz CT molecular complexity index is 1030. The van der Waals surface area contributed by atoms with E-state index in [0.717, 1.165) is 42.7 Å². The highest BCUT2D eigenvalue weighted by atomic mass is 35.5. The van der Waals surface area contributed by atoms with Crippen LogP contribution < -0.4 is 5.32 Å². The lowest BCUT2D eigenvalue weighted by atomic mass is 9.95. The zero-order chi connectivity index (χ0) is 21.1. The van der Waals surface area contributed by atoms with E-state index < -0.39 is 0 Å². The van der Waals surface area contributed by atoms with E-state index in [1.54, 1.807) is 18.2 Å². The molecule has 2 heterocycles. The molecular formula is C22H22Cl2N4O2. The maximum absolute atomic E-state index is 12.6. The number of carbonyl (C=O) groups excluding carboxylic acids is 1. The number of halogens is 2. The van der Waals surface area contributed by atoms with Gasteiger partial charge in [0.2, 0.25) is 17.6 Å². The van der Waals surface area contributed by atoms with Crippen LogP contribution >= 0.6 is 23.2 Å². The molecule has 1 aromatic heterocycles. The number of piperidine rings is 1. The van der Waals surface area contributed by atoms with Gasteiger partial charge < -0.3 is 9.84 Å². The number of hydrogen-bond donors (Lipinski definition) is 1. The van der Waals surface area contributed by atoms with Crippen LogP contribution in [0, 0.1) is 12.8 Å². The molecule has 1 aliphatic heterocycles. The molecule has 1 aliphatic rings. The molecule has 0 radical (unpaired) electrons. The molecule has 6 nitrogen and oxygen atoms in total. The second kappa shape index (κ2) is 9.16. The number of anilines is 1. The molecule has 1 amide bonds. The van der Waals surface area contributed by atoms with Crippen molar-refractivity contribution in [2.24, 2.45) is 5.92 Å². The van der Waals surface area contributed by atoms with Gasteiger partial charge in [-0.1, -0.05) is 28.4 Å². The van der Waals surface area contributed by atoms with Gasteiger partial charge in [0.05, 0.1) is 6.54 Å². The Morgan fingerprint density at radius 2 is 1.83 bits per heavy atom. The summed E-state index contributed by atoms with van der Waals surface area (Å²) in [5.41, 5.74) is 2.64. The minimum Gasteiger partial charge on any atom is -0.338 e. The predicted molar refractivity (Wildman–Crippen MR) is 118 cm³/mol. The van der Waals surface area contributed by atoms with E-state index >= 15 is 0 Å². The highest BCUT2D eigenvalue weighted by Crippen LogP contribution is 2.24. The SMILES string of the molecule is Cc1cc(Cl)ccc1NC(=O)C1CCN(Cc2nc(-c3ccc(Cl)cc3)no2)CC1. The summed E-state index contributed by atoms with van der Waals surface area (Å²) < 4.78 is 5.40. The second-order valence-corrected chi connectivity index (χ2v) is 8.39. The Kier molecular flexibility index (Phi) is 6.37. The molecule has 0 spiro atoms. The van der Waals surface area contributed by atoms with E-state index in [4.69, 9.17) is 27.7 Å². The number of rotatable bonds is 5. The average Bonchev–Trinajstić information content (AvgIpc) is 3.19. The van der Waals surface area contributed by atoms with Crippen LogP contribution in [-0.4, -0.2) is 34.0 Å². The maximum atomic E-state index is 12.6. The van der Waals surface area contributed by atoms with Crippen LogP contribution in [0.4, 0.5) is 5.69 Å². The lowest BCUT2D eigenvalue weighted by Gasteiger charge is -2.30. The van der Waals surface area contributed by atoms with Gasteiger partial charge in [0, 0.05) is 27.2 Å². The smallest absolute Gasteiger partial charge is 0.241 e. The number of benzene rings is 2. The third kappa shape index (κ3) is 5.01. The first-order valence-electron chi connectivity index (χ1n) is 9.86. The van der Waals surface area contributed by atoms with Crippen molar-refractivity contribution in [3.63, 3.8) is 0 Å². The van der Waals surface area contributed by atoms with Gasteiger partial charge in [-0.05, 0) is 80.9 Å². The summed E-state index contributed by atoms with van der Waals surface area (Å²) in [5.74, 6) is 1.17. The minimum atomic E-state index is -0.0105. The predicted octanol–water partition coefficient (Wildman–Crippen LogP) is 5.20. The first kappa shape index (κ1) is 20.8. The zero-order valence-electron chi connectivity index (χ0n) is 16.6. The van der Waals surface area contributed by atoms with Gasteiger partial charge in [-0.25, -0.2) is 0 Å². The largest absolute Gasteiger partial charge is 0.338 e. The second-order valence-electron chi connectivity index (χ2n) is 7.52. The van der Waals surface area contributed by atoms with Crippen LogP contribution in [0.2, 0.25) is 10.0 Å². The van der Waals surface area contributed by atoms with Gasteiger partial charge in [-0.3, -0.25) is 9.69 Å². The van der Waals surface area contributed by atoms with Crippen LogP contribution in [0.5, 0.6) is 0 Å². The van der Waals surface area contributed by atoms with Crippen molar-refractivity contribution in [3.8, 4) is 11.4 Å². The van der Waals surface area contributed by atoms with Gasteiger partial charge in [0.15, 0.2) is 0 Å². The van der Waals surface area contributed by atoms with Gasteiger partial charge in [0.25, 0.3) is 0 Å². The van der Waals surface area contributed by atoms with Crippen molar-refractivity contribution in [2.75, 3.05) is 18.4 Å². The fourth-order valence-corrected chi connectivity index (χ4v) is 3.93. The Balaban J connectivity index is 1.29. The monoisotopic (exact) mass is 444 g/mol. The van der Waals surface area contributed by atoms with Crippen molar-refractivity contribution in [3.05, 3.63) is 64.0 Å². The van der Waals surface area contributed by atoms with Crippen LogP contribution in [-0.2, 0) is 11.3 Å². The van der Waals surface area contributed by atoms with Crippen LogP contribution in [0.15, 0.2) is 47.0 Å². The van der Waals surface area contributed by atoms with E-state index in [2.05, 4.69) is 20.4 Å². The van der Waals surface area contributed by atoms with Crippen molar-refractivity contribution in [2.45, 2.75) is 26.3 Å². The van der Waals surface area contributed by atoms with E-state index in [0.29, 0.717) is 28.3 Å². The normalized spacial score (nSPS) is 15.3. The minimum absolute atomic E-state index is 0.0105. The topological polar surface area (TPSA) is 71.3 Å². The van der Waals surface area contributed by atoms with Crippen molar-refractivity contribution >= 4 is 34.8 Å². The number of carbonyl (C=O) groups is 1. The molecule has 30 heavy (non-hydrogen) atoms. The summed E-state index contributed by atoms with van der Waals surface area (Å²) in [6.45, 7) is 4.12. The zero-order valence-corrected chi connectivity index (χ0v) is 18.1. The van der Waals surface area contributed by atoms with E-state index in [9.17, 15) is 4.79 Å². The maximum Gasteiger partial charge on any atom is 0.241 e. The van der Waals surface area contributed by atoms with Crippen LogP contribution in [0.25, 0.3) is 11.4 Å². The number of hydrogen-bond acceptors (Lipinski definition) is 5. The summed E-state index contributed by atoms with van der Waals surface area (Å²) >= 11 is 11.9. The third-order valence-corrected chi connectivity index (χ3v) is 5.82. The molecule has 0 bridgehead atoms. The van der Waals surface area contributed by atoms with E-state index in [-0.39, 0.29) is 11.8 Å². The summed E-state index contributed by atoms with van der Waals surface area (Å²) in [5, 5.41) is 8.42. The molecule has 8 heteroatoms. The van der Waals surface area contributed by atoms with Crippen molar-refractivity contribution < 1.29 is 9.32 Å². The summed E-state index contributed by atoms with van der Waals surface area (Å²) in [6.07, 6.45) is 1.58. The Labute approximate surface area is 185 Å². The molecule has 2 aromatic carbocycles. The molecule has 1 N–H and O–H groups in total. The average molecular weight is 445 g/mol. The summed E-state index contributed by atoms with van der Waals surface area (Å²) in [4.78, 5) is 19.4. The highest BCUT2D eigenvalue weighted by molar-refractivity contribution is 6.31. The summed E-state index contributed by atoms with van der Waals surface area (Å²) in [7, 11) is 0. The molecule has 0 aliphatic carbocycles. The lowest BCUT2D eigenvalue weighted by Crippen LogP contribution is -2.37. The molecule has 0 unspecified atom stereocenters. The standard InChI is InChI=1S/C22H22Cl2N4O2/c1-14-12-18(24)6-7-19(14)25-22(29)16-8-10-28(11-9-16)13-20-26-21(27-30-20)15-2-4-17(23)5-3-15/h2-7,12,16H,8-11,13H2,1H3,(H,25,29). The molecule has 156 valence electrons. The number of nitrogens with one attached hydrogen (secondary N) is 1. The highest BCUT2D eigenvalue weighted by Gasteiger charge is 2.26. The Hall–Kier alpha value is -2.41. The van der Waals surface area contributed by atoms with Crippen molar-refractivity contribution in [1.82, 2.24) is 15.0 Å². The van der Waals surface area contributed by atoms with E-state index in [1.165, 1.54) is 0 Å². The first-order valence-corrected chi connectivity index (χ1v) is 10.6. The summed E-state index contributed by atoms with van der Waals surface area (Å²) in [6, 6.07) is 12.8. The fourth-order valence-electron chi connectivity index (χ4n) is 3.58. The lowest BCUT2D eigenvalue weighted by molar-refractivity contribution is -0.121. The number of aryl methyl sites for hydroxylation is 1. The van der Waals surface area contributed by atoms with Crippen LogP contribution in [0.1, 0.15) is 24.3 Å². The third-order valence-electron chi connectivity index (χ3n) is 5.33. The fraction of sp³-hybridized carbons (Fsp3) is 0.318. The molecule has 0 saturated carbocycles. The van der Waals surface area contributed by atoms with E-state index in [1.807, 2.05) is 31.2 Å². The molecule has 1 saturated heterocycles. The Morgan fingerprint density at radius 3 is 2.53 bits per heavy atom. The van der Waals surface area contributed by atoms with Gasteiger partial charge in [-0.2, -0.15) is 4.98 Å².